The highest BCUT2D eigenvalue weighted by atomic mass is 32.1. The van der Waals surface area contributed by atoms with Gasteiger partial charge in [0.25, 0.3) is 0 Å². The number of benzene rings is 5. The lowest BCUT2D eigenvalue weighted by atomic mass is 9.65. The third kappa shape index (κ3) is 3.57. The fourth-order valence-corrected chi connectivity index (χ4v) is 10.1. The van der Waals surface area contributed by atoms with Crippen LogP contribution >= 0.6 is 11.3 Å². The highest BCUT2D eigenvalue weighted by molar-refractivity contribution is 7.26. The molecular formula is C44H32N4S. The molecule has 5 heteroatoms. The molecular weight excluding hydrogens is 617 g/mol. The second-order valence-electron chi connectivity index (χ2n) is 13.0. The second-order valence-corrected chi connectivity index (χ2v) is 14.0. The molecule has 1 N–H and O–H groups in total. The van der Waals surface area contributed by atoms with Crippen LogP contribution in [-0.2, 0) is 5.41 Å². The molecule has 49 heavy (non-hydrogen) atoms. The number of hydrogen-bond acceptors (Lipinski definition) is 3. The number of nitrogens with one attached hydrogen (secondary N) is 1. The molecule has 10 rings (SSSR count). The SMILES string of the molecule is C=C/C=N\N(C(=N)/C=C\C)c1ccc2c(c1)-c1ccccc1C21c2ccccc2-n2c3c(c4c5sc6ccccc6c5cc1c42)=CCCC=3. The van der Waals surface area contributed by atoms with Crippen molar-refractivity contribution < 1.29 is 0 Å². The standard InChI is InChI=1S/C44H32N4S/c1-3-13-40(45)48(46-24-4-2)27-22-23-34-31(25-27)28-14-5-8-17-33(28)44(34)35-18-9-11-20-38(35)47-37-19-10-6-16-30(37)41-42(47)36(44)26-32-29-15-7-12-21-39(29)49-43(32)41/h3-5,7-9,11-26,45H,2,6,10H2,1H3/b13-3-,45-40?,46-24-. The number of aromatic nitrogens is 1. The number of fused-ring (bicyclic) bond motifs is 16. The molecule has 1 unspecified atom stereocenters. The molecule has 0 bridgehead atoms. The van der Waals surface area contributed by atoms with Gasteiger partial charge in [0.1, 0.15) is 5.84 Å². The molecule has 3 aliphatic rings. The zero-order valence-corrected chi connectivity index (χ0v) is 27.9. The number of anilines is 1. The molecule has 0 amide bonds. The summed E-state index contributed by atoms with van der Waals surface area (Å²) in [6, 6.07) is 36.0. The van der Waals surface area contributed by atoms with Crippen LogP contribution in [-0.4, -0.2) is 16.6 Å². The molecule has 0 radical (unpaired) electrons. The van der Waals surface area contributed by atoms with E-state index in [0.717, 1.165) is 18.5 Å². The van der Waals surface area contributed by atoms with Crippen LogP contribution in [0.4, 0.5) is 5.69 Å². The number of nitrogens with zero attached hydrogens (tertiary/aromatic N) is 3. The molecule has 4 nitrogen and oxygen atoms in total. The molecule has 2 aromatic heterocycles. The Morgan fingerprint density at radius 2 is 1.63 bits per heavy atom. The van der Waals surface area contributed by atoms with Crippen molar-refractivity contribution in [1.29, 1.82) is 5.41 Å². The molecule has 0 saturated heterocycles. The van der Waals surface area contributed by atoms with Gasteiger partial charge < -0.3 is 4.57 Å². The molecule has 234 valence electrons. The summed E-state index contributed by atoms with van der Waals surface area (Å²) in [5.74, 6) is 0.289. The maximum Gasteiger partial charge on any atom is 0.146 e. The van der Waals surface area contributed by atoms with Crippen LogP contribution in [0, 0.1) is 5.41 Å². The van der Waals surface area contributed by atoms with Crippen molar-refractivity contribution in [2.75, 3.05) is 5.01 Å². The Morgan fingerprint density at radius 1 is 0.857 bits per heavy atom. The minimum absolute atomic E-state index is 0.289. The predicted octanol–water partition coefficient (Wildman–Crippen LogP) is 9.56. The Labute approximate surface area is 288 Å². The number of rotatable bonds is 4. The Hall–Kier alpha value is -5.78. The van der Waals surface area contributed by atoms with Crippen LogP contribution in [0.5, 0.6) is 0 Å². The summed E-state index contributed by atoms with van der Waals surface area (Å²) in [6.07, 6.45) is 13.9. The lowest BCUT2D eigenvalue weighted by Crippen LogP contribution is -2.37. The first kappa shape index (κ1) is 28.3. The minimum atomic E-state index is -0.542. The van der Waals surface area contributed by atoms with Crippen LogP contribution in [0.2, 0.25) is 0 Å². The van der Waals surface area contributed by atoms with Gasteiger partial charge in [-0.3, -0.25) is 5.41 Å². The number of hydrogen-bond donors (Lipinski definition) is 1. The smallest absolute Gasteiger partial charge is 0.146 e. The molecule has 1 spiro atoms. The quantitative estimate of drug-likeness (QED) is 0.115. The lowest BCUT2D eigenvalue weighted by Gasteiger charge is -2.39. The van der Waals surface area contributed by atoms with E-state index in [1.807, 2.05) is 24.3 Å². The zero-order chi connectivity index (χ0) is 32.9. The fraction of sp³-hybridized carbons (Fsp3) is 0.0909. The van der Waals surface area contributed by atoms with E-state index in [-0.39, 0.29) is 5.84 Å². The van der Waals surface area contributed by atoms with Gasteiger partial charge in [0, 0.05) is 42.3 Å². The van der Waals surface area contributed by atoms with Crippen LogP contribution < -0.4 is 15.6 Å². The Morgan fingerprint density at radius 3 is 2.51 bits per heavy atom. The molecule has 3 heterocycles. The number of amidine groups is 1. The first-order chi connectivity index (χ1) is 24.2. The highest BCUT2D eigenvalue weighted by Gasteiger charge is 2.51. The maximum atomic E-state index is 8.82. The fourth-order valence-electron chi connectivity index (χ4n) is 8.82. The molecule has 7 aromatic rings. The van der Waals surface area contributed by atoms with E-state index in [2.05, 4.69) is 125 Å². The van der Waals surface area contributed by atoms with Gasteiger partial charge in [0.2, 0.25) is 0 Å². The van der Waals surface area contributed by atoms with Crippen LogP contribution in [0.25, 0.3) is 60.0 Å². The lowest BCUT2D eigenvalue weighted by molar-refractivity contribution is 0.742. The van der Waals surface area contributed by atoms with Crippen molar-refractivity contribution in [3.05, 3.63) is 155 Å². The van der Waals surface area contributed by atoms with Crippen LogP contribution in [0.1, 0.15) is 42.0 Å². The Balaban J connectivity index is 1.40. The van der Waals surface area contributed by atoms with Gasteiger partial charge in [0.05, 0.1) is 22.3 Å². The molecule has 0 saturated carbocycles. The summed E-state index contributed by atoms with van der Waals surface area (Å²) in [5.41, 5.74) is 10.4. The first-order valence-electron chi connectivity index (χ1n) is 16.9. The number of hydrazone groups is 1. The van der Waals surface area contributed by atoms with Crippen molar-refractivity contribution in [2.45, 2.75) is 25.2 Å². The average molecular weight is 649 g/mol. The molecule has 1 atom stereocenters. The van der Waals surface area contributed by atoms with Crippen molar-refractivity contribution in [3.8, 4) is 16.8 Å². The van der Waals surface area contributed by atoms with Gasteiger partial charge in [-0.15, -0.1) is 11.3 Å². The van der Waals surface area contributed by atoms with E-state index >= 15 is 0 Å². The van der Waals surface area contributed by atoms with E-state index in [1.165, 1.54) is 80.7 Å². The van der Waals surface area contributed by atoms with Crippen molar-refractivity contribution in [2.24, 2.45) is 5.10 Å². The molecule has 2 aliphatic carbocycles. The second kappa shape index (κ2) is 10.4. The van der Waals surface area contributed by atoms with Crippen LogP contribution in [0.15, 0.2) is 127 Å². The highest BCUT2D eigenvalue weighted by Crippen LogP contribution is 2.61. The van der Waals surface area contributed by atoms with Crippen molar-refractivity contribution in [3.63, 3.8) is 0 Å². The number of allylic oxidation sites excluding steroid dienone is 2. The van der Waals surface area contributed by atoms with Gasteiger partial charge in [0.15, 0.2) is 0 Å². The summed E-state index contributed by atoms with van der Waals surface area (Å²) < 4.78 is 5.26. The molecule has 5 aromatic carbocycles. The average Bonchev–Trinajstić information content (AvgIpc) is 3.78. The van der Waals surface area contributed by atoms with Crippen molar-refractivity contribution in [1.82, 2.24) is 4.57 Å². The van der Waals surface area contributed by atoms with Gasteiger partial charge >= 0.3 is 0 Å². The monoisotopic (exact) mass is 648 g/mol. The van der Waals surface area contributed by atoms with Crippen molar-refractivity contribution >= 4 is 72.3 Å². The summed E-state index contributed by atoms with van der Waals surface area (Å²) in [4.78, 5) is 0. The normalized spacial score (nSPS) is 16.9. The Bertz CT molecular complexity index is 2790. The van der Waals surface area contributed by atoms with Gasteiger partial charge in [-0.1, -0.05) is 91.5 Å². The third-order valence-electron chi connectivity index (χ3n) is 10.6. The largest absolute Gasteiger partial charge is 0.309 e. The molecule has 0 fully saturated rings. The minimum Gasteiger partial charge on any atom is -0.309 e. The van der Waals surface area contributed by atoms with E-state index in [1.54, 1.807) is 23.4 Å². The topological polar surface area (TPSA) is 44.4 Å². The predicted molar refractivity (Wildman–Crippen MR) is 208 cm³/mol. The molecule has 1 aliphatic heterocycles. The summed E-state index contributed by atoms with van der Waals surface area (Å²) in [7, 11) is 0. The van der Waals surface area contributed by atoms with E-state index < -0.39 is 5.41 Å². The zero-order valence-electron chi connectivity index (χ0n) is 27.1. The summed E-state index contributed by atoms with van der Waals surface area (Å²) >= 11 is 1.92. The van der Waals surface area contributed by atoms with E-state index in [9.17, 15) is 0 Å². The van der Waals surface area contributed by atoms with E-state index in [0.29, 0.717) is 0 Å². The van der Waals surface area contributed by atoms with Gasteiger partial charge in [-0.2, -0.15) is 5.10 Å². The summed E-state index contributed by atoms with van der Waals surface area (Å²) in [5, 5.41) is 21.8. The number of thiophene rings is 1. The Kier molecular flexibility index (Phi) is 5.97. The maximum absolute atomic E-state index is 8.82. The van der Waals surface area contributed by atoms with Gasteiger partial charge in [-0.25, -0.2) is 5.01 Å². The van der Waals surface area contributed by atoms with Crippen LogP contribution in [0.3, 0.4) is 0 Å². The van der Waals surface area contributed by atoms with Gasteiger partial charge in [-0.05, 0) is 95.6 Å². The first-order valence-corrected chi connectivity index (χ1v) is 17.7. The summed E-state index contributed by atoms with van der Waals surface area (Å²) in [6.45, 7) is 5.75. The number of para-hydroxylation sites is 1. The van der Waals surface area contributed by atoms with E-state index in [4.69, 9.17) is 5.41 Å². The third-order valence-corrected chi connectivity index (χ3v) is 11.8.